The van der Waals surface area contributed by atoms with E-state index < -0.39 is 0 Å². The summed E-state index contributed by atoms with van der Waals surface area (Å²) in [6, 6.07) is 4.25. The standard InChI is InChI=1S/C14H20N4O5/c15-18-17-4-6-23-8-7-22-5-3-16-14(21)10-11-1-2-12(19)13(20)9-11/h1-2,9,19-20H,3-8,10H2,(H,16,21). The topological polar surface area (TPSA) is 137 Å². The molecule has 9 nitrogen and oxygen atoms in total. The molecule has 9 heteroatoms. The average molecular weight is 324 g/mol. The van der Waals surface area contributed by atoms with Crippen LogP contribution in [0.2, 0.25) is 0 Å². The second kappa shape index (κ2) is 11.1. The van der Waals surface area contributed by atoms with Crippen LogP contribution >= 0.6 is 0 Å². The lowest BCUT2D eigenvalue weighted by atomic mass is 10.1. The normalized spacial score (nSPS) is 10.1. The second-order valence-corrected chi connectivity index (χ2v) is 4.53. The van der Waals surface area contributed by atoms with Crippen molar-refractivity contribution < 1.29 is 24.5 Å². The van der Waals surface area contributed by atoms with E-state index >= 15 is 0 Å². The lowest BCUT2D eigenvalue weighted by Crippen LogP contribution is -2.29. The molecular formula is C14H20N4O5. The van der Waals surface area contributed by atoms with E-state index in [1.807, 2.05) is 0 Å². The van der Waals surface area contributed by atoms with Crippen LogP contribution in [0.25, 0.3) is 10.4 Å². The number of phenolic OH excluding ortho intramolecular Hbond substituents is 2. The summed E-state index contributed by atoms with van der Waals surface area (Å²) in [7, 11) is 0. The molecule has 3 N–H and O–H groups in total. The number of benzene rings is 1. The molecule has 0 unspecified atom stereocenters. The van der Waals surface area contributed by atoms with Crippen molar-refractivity contribution in [1.82, 2.24) is 5.32 Å². The Bertz CT molecular complexity index is 546. The first-order valence-electron chi connectivity index (χ1n) is 7.07. The van der Waals surface area contributed by atoms with Crippen LogP contribution in [-0.4, -0.2) is 55.6 Å². The molecule has 1 rings (SSSR count). The Morgan fingerprint density at radius 2 is 1.91 bits per heavy atom. The van der Waals surface area contributed by atoms with E-state index in [4.69, 9.17) is 15.0 Å². The second-order valence-electron chi connectivity index (χ2n) is 4.53. The van der Waals surface area contributed by atoms with Crippen LogP contribution in [0.4, 0.5) is 0 Å². The first-order chi connectivity index (χ1) is 11.1. The van der Waals surface area contributed by atoms with Gasteiger partial charge >= 0.3 is 0 Å². The highest BCUT2D eigenvalue weighted by Gasteiger charge is 2.05. The Morgan fingerprint density at radius 3 is 2.61 bits per heavy atom. The zero-order chi connectivity index (χ0) is 16.9. The fraction of sp³-hybridized carbons (Fsp3) is 0.500. The maximum Gasteiger partial charge on any atom is 0.224 e. The highest BCUT2D eigenvalue weighted by atomic mass is 16.5. The summed E-state index contributed by atoms with van der Waals surface area (Å²) in [4.78, 5) is 14.3. The number of phenols is 2. The maximum atomic E-state index is 11.7. The van der Waals surface area contributed by atoms with Crippen LogP contribution in [-0.2, 0) is 20.7 Å². The van der Waals surface area contributed by atoms with Gasteiger partial charge in [-0.3, -0.25) is 4.79 Å². The van der Waals surface area contributed by atoms with Crippen molar-refractivity contribution >= 4 is 5.91 Å². The number of hydrogen-bond donors (Lipinski definition) is 3. The number of azide groups is 1. The van der Waals surface area contributed by atoms with E-state index in [2.05, 4.69) is 15.3 Å². The summed E-state index contributed by atoms with van der Waals surface area (Å²) in [5, 5.41) is 24.5. The first kappa shape index (κ1) is 18.6. The van der Waals surface area contributed by atoms with E-state index in [0.717, 1.165) is 0 Å². The predicted molar refractivity (Wildman–Crippen MR) is 82.1 cm³/mol. The molecule has 0 spiro atoms. The molecule has 0 atom stereocenters. The Kier molecular flexibility index (Phi) is 8.99. The molecule has 0 heterocycles. The molecule has 1 aromatic carbocycles. The van der Waals surface area contributed by atoms with Crippen molar-refractivity contribution in [3.63, 3.8) is 0 Å². The Morgan fingerprint density at radius 1 is 1.17 bits per heavy atom. The number of amides is 1. The smallest absolute Gasteiger partial charge is 0.224 e. The summed E-state index contributed by atoms with van der Waals surface area (Å²) in [5.74, 6) is -0.674. The van der Waals surface area contributed by atoms with Gasteiger partial charge in [-0.15, -0.1) is 0 Å². The van der Waals surface area contributed by atoms with E-state index in [1.165, 1.54) is 12.1 Å². The summed E-state index contributed by atoms with van der Waals surface area (Å²) in [5.41, 5.74) is 8.65. The molecule has 0 aliphatic rings. The SMILES string of the molecule is [N-]=[N+]=NCCOCCOCCNC(=O)Cc1ccc(O)c(O)c1. The minimum absolute atomic E-state index is 0.108. The molecule has 0 saturated carbocycles. The third-order valence-corrected chi connectivity index (χ3v) is 2.74. The number of rotatable bonds is 11. The number of ether oxygens (including phenoxy) is 2. The Labute approximate surface area is 133 Å². The van der Waals surface area contributed by atoms with Crippen molar-refractivity contribution in [3.05, 3.63) is 34.2 Å². The molecule has 0 fully saturated rings. The maximum absolute atomic E-state index is 11.7. The third kappa shape index (κ3) is 8.52. The number of carbonyl (C=O) groups excluding carboxylic acids is 1. The van der Waals surface area contributed by atoms with Crippen LogP contribution in [0.1, 0.15) is 5.56 Å². The lowest BCUT2D eigenvalue weighted by molar-refractivity contribution is -0.120. The monoisotopic (exact) mass is 324 g/mol. The highest BCUT2D eigenvalue weighted by Crippen LogP contribution is 2.24. The number of nitrogens with one attached hydrogen (secondary N) is 1. The zero-order valence-corrected chi connectivity index (χ0v) is 12.6. The van der Waals surface area contributed by atoms with Gasteiger partial charge in [-0.2, -0.15) is 0 Å². The van der Waals surface area contributed by atoms with Crippen molar-refractivity contribution in [3.8, 4) is 11.5 Å². The van der Waals surface area contributed by atoms with Gasteiger partial charge in [-0.1, -0.05) is 11.2 Å². The molecule has 1 amide bonds. The van der Waals surface area contributed by atoms with E-state index in [1.54, 1.807) is 6.07 Å². The Hall–Kier alpha value is -2.48. The van der Waals surface area contributed by atoms with E-state index in [0.29, 0.717) is 45.1 Å². The van der Waals surface area contributed by atoms with Gasteiger partial charge < -0.3 is 25.0 Å². The molecule has 0 radical (unpaired) electrons. The fourth-order valence-electron chi connectivity index (χ4n) is 1.66. The predicted octanol–water partition coefficient (Wildman–Crippen LogP) is 1.10. The minimum Gasteiger partial charge on any atom is -0.504 e. The fourth-order valence-corrected chi connectivity index (χ4v) is 1.66. The van der Waals surface area contributed by atoms with E-state index in [9.17, 15) is 15.0 Å². The summed E-state index contributed by atoms with van der Waals surface area (Å²) >= 11 is 0. The number of aromatic hydroxyl groups is 2. The van der Waals surface area contributed by atoms with E-state index in [-0.39, 0.29) is 23.8 Å². The van der Waals surface area contributed by atoms with Crippen molar-refractivity contribution in [2.45, 2.75) is 6.42 Å². The number of carbonyl (C=O) groups is 1. The van der Waals surface area contributed by atoms with Crippen molar-refractivity contribution in [2.24, 2.45) is 5.11 Å². The average Bonchev–Trinajstić information content (AvgIpc) is 2.53. The first-order valence-corrected chi connectivity index (χ1v) is 7.07. The molecule has 23 heavy (non-hydrogen) atoms. The third-order valence-electron chi connectivity index (χ3n) is 2.74. The molecule has 0 aliphatic heterocycles. The quantitative estimate of drug-likeness (QED) is 0.184. The van der Waals surface area contributed by atoms with Gasteiger partial charge in [0.2, 0.25) is 5.91 Å². The van der Waals surface area contributed by atoms with Crippen LogP contribution in [0.15, 0.2) is 23.3 Å². The molecule has 0 aliphatic carbocycles. The molecule has 0 bridgehead atoms. The van der Waals surface area contributed by atoms with Crippen molar-refractivity contribution in [1.29, 1.82) is 0 Å². The van der Waals surface area contributed by atoms with Gasteiger partial charge in [0, 0.05) is 18.0 Å². The largest absolute Gasteiger partial charge is 0.504 e. The van der Waals surface area contributed by atoms with Crippen LogP contribution in [0, 0.1) is 0 Å². The minimum atomic E-state index is -0.251. The number of hydrogen-bond acceptors (Lipinski definition) is 6. The summed E-state index contributed by atoms with van der Waals surface area (Å²) in [6.45, 7) is 2.14. The molecular weight excluding hydrogens is 304 g/mol. The Balaban J connectivity index is 2.03. The lowest BCUT2D eigenvalue weighted by Gasteiger charge is -2.07. The van der Waals surface area contributed by atoms with Crippen LogP contribution < -0.4 is 5.32 Å². The number of nitrogens with zero attached hydrogens (tertiary/aromatic N) is 3. The van der Waals surface area contributed by atoms with Crippen molar-refractivity contribution in [2.75, 3.05) is 39.5 Å². The highest BCUT2D eigenvalue weighted by molar-refractivity contribution is 5.78. The van der Waals surface area contributed by atoms with Gasteiger partial charge in [-0.05, 0) is 23.2 Å². The molecule has 1 aromatic rings. The summed E-state index contributed by atoms with van der Waals surface area (Å²) in [6.07, 6.45) is 0.108. The van der Waals surface area contributed by atoms with Gasteiger partial charge in [0.1, 0.15) is 0 Å². The molecule has 0 saturated heterocycles. The van der Waals surface area contributed by atoms with Crippen LogP contribution in [0.3, 0.4) is 0 Å². The van der Waals surface area contributed by atoms with Gasteiger partial charge in [0.25, 0.3) is 0 Å². The van der Waals surface area contributed by atoms with Crippen LogP contribution in [0.5, 0.6) is 11.5 Å². The molecule has 0 aromatic heterocycles. The zero-order valence-electron chi connectivity index (χ0n) is 12.6. The summed E-state index contributed by atoms with van der Waals surface area (Å²) < 4.78 is 10.4. The van der Waals surface area contributed by atoms with Gasteiger partial charge in [-0.25, -0.2) is 0 Å². The molecule has 126 valence electrons. The van der Waals surface area contributed by atoms with Gasteiger partial charge in [0.05, 0.1) is 32.8 Å². The van der Waals surface area contributed by atoms with Gasteiger partial charge in [0.15, 0.2) is 11.5 Å².